The van der Waals surface area contributed by atoms with Crippen molar-refractivity contribution >= 4 is 0 Å². The molecule has 2 aliphatic rings. The van der Waals surface area contributed by atoms with Crippen LogP contribution in [0.3, 0.4) is 0 Å². The van der Waals surface area contributed by atoms with Crippen molar-refractivity contribution in [3.8, 4) is 0 Å². The fraction of sp³-hybridized carbons (Fsp3) is 0.833. The first-order chi connectivity index (χ1) is 8.81. The Kier molecular flexibility index (Phi) is 3.58. The third kappa shape index (κ3) is 2.71. The van der Waals surface area contributed by atoms with Crippen molar-refractivity contribution in [2.75, 3.05) is 32.7 Å². The van der Waals surface area contributed by atoms with Crippen LogP contribution >= 0.6 is 0 Å². The van der Waals surface area contributed by atoms with Crippen LogP contribution in [0.25, 0.3) is 0 Å². The molecule has 3 rings (SSSR count). The Morgan fingerprint density at radius 2 is 1.89 bits per heavy atom. The molecule has 2 aliphatic heterocycles. The number of nitrogens with two attached hydrogens (primary N) is 1. The van der Waals surface area contributed by atoms with Crippen molar-refractivity contribution in [1.82, 2.24) is 24.6 Å². The molecule has 18 heavy (non-hydrogen) atoms. The minimum atomic E-state index is 0.426. The van der Waals surface area contributed by atoms with Crippen LogP contribution in [0.1, 0.15) is 18.7 Å². The van der Waals surface area contributed by atoms with Gasteiger partial charge in [0.15, 0.2) is 0 Å². The van der Waals surface area contributed by atoms with Crippen LogP contribution in [0.2, 0.25) is 0 Å². The van der Waals surface area contributed by atoms with E-state index in [0.717, 1.165) is 64.5 Å². The second-order valence-electron chi connectivity index (χ2n) is 5.40. The first-order valence-corrected chi connectivity index (χ1v) is 6.88. The Bertz CT molecular complexity index is 382. The molecule has 1 aromatic heterocycles. The predicted molar refractivity (Wildman–Crippen MR) is 68.9 cm³/mol. The summed E-state index contributed by atoms with van der Waals surface area (Å²) >= 11 is 0. The maximum Gasteiger partial charge on any atom is 0.147 e. The lowest BCUT2D eigenvalue weighted by atomic mass is 10.1. The average molecular weight is 250 g/mol. The lowest BCUT2D eigenvalue weighted by Gasteiger charge is -2.33. The van der Waals surface area contributed by atoms with Gasteiger partial charge in [-0.05, 0) is 25.9 Å². The Morgan fingerprint density at radius 1 is 1.11 bits per heavy atom. The van der Waals surface area contributed by atoms with E-state index in [-0.39, 0.29) is 0 Å². The summed E-state index contributed by atoms with van der Waals surface area (Å²) in [7, 11) is 0. The molecule has 0 aromatic carbocycles. The summed E-state index contributed by atoms with van der Waals surface area (Å²) in [5.41, 5.74) is 5.92. The van der Waals surface area contributed by atoms with Gasteiger partial charge in [0, 0.05) is 32.2 Å². The Labute approximate surface area is 108 Å². The largest absolute Gasteiger partial charge is 0.328 e. The van der Waals surface area contributed by atoms with Crippen LogP contribution in [0.4, 0.5) is 0 Å². The van der Waals surface area contributed by atoms with Crippen LogP contribution in [-0.2, 0) is 13.1 Å². The topological polar surface area (TPSA) is 63.2 Å². The zero-order chi connectivity index (χ0) is 12.4. The average Bonchev–Trinajstić information content (AvgIpc) is 2.85. The number of fused-ring (bicyclic) bond motifs is 1. The summed E-state index contributed by atoms with van der Waals surface area (Å²) in [6, 6.07) is 0.426. The van der Waals surface area contributed by atoms with Gasteiger partial charge in [0.05, 0.1) is 6.54 Å². The van der Waals surface area contributed by atoms with Crippen LogP contribution in [0.5, 0.6) is 0 Å². The molecule has 0 saturated carbocycles. The van der Waals surface area contributed by atoms with E-state index < -0.39 is 0 Å². The van der Waals surface area contributed by atoms with E-state index in [1.165, 1.54) is 0 Å². The molecule has 0 unspecified atom stereocenters. The predicted octanol–water partition coefficient (Wildman–Crippen LogP) is -0.483. The molecule has 6 heteroatoms. The lowest BCUT2D eigenvalue weighted by Crippen LogP contribution is -2.44. The third-order valence-corrected chi connectivity index (χ3v) is 4.08. The molecule has 6 nitrogen and oxygen atoms in total. The number of nitrogens with zero attached hydrogens (tertiary/aromatic N) is 5. The van der Waals surface area contributed by atoms with Gasteiger partial charge >= 0.3 is 0 Å². The highest BCUT2D eigenvalue weighted by molar-refractivity contribution is 4.90. The van der Waals surface area contributed by atoms with Gasteiger partial charge in [0.2, 0.25) is 0 Å². The van der Waals surface area contributed by atoms with E-state index in [4.69, 9.17) is 5.73 Å². The first kappa shape index (κ1) is 12.1. The number of piperidine rings is 1. The van der Waals surface area contributed by atoms with Crippen molar-refractivity contribution in [3.05, 3.63) is 12.2 Å². The highest BCUT2D eigenvalue weighted by Gasteiger charge is 2.19. The molecule has 0 aliphatic carbocycles. The molecule has 1 saturated heterocycles. The van der Waals surface area contributed by atoms with Crippen LogP contribution in [0, 0.1) is 0 Å². The van der Waals surface area contributed by atoms with Crippen molar-refractivity contribution in [1.29, 1.82) is 0 Å². The van der Waals surface area contributed by atoms with Gasteiger partial charge in [-0.1, -0.05) is 0 Å². The molecular formula is C12H22N6. The molecule has 0 atom stereocenters. The van der Waals surface area contributed by atoms with Gasteiger partial charge < -0.3 is 15.2 Å². The fourth-order valence-corrected chi connectivity index (χ4v) is 2.77. The van der Waals surface area contributed by atoms with E-state index in [0.29, 0.717) is 6.04 Å². The highest BCUT2D eigenvalue weighted by Crippen LogP contribution is 2.11. The molecular weight excluding hydrogens is 228 g/mol. The van der Waals surface area contributed by atoms with Crippen LogP contribution in [-0.4, -0.2) is 63.3 Å². The molecule has 0 bridgehead atoms. The van der Waals surface area contributed by atoms with Gasteiger partial charge in [-0.25, -0.2) is 0 Å². The summed E-state index contributed by atoms with van der Waals surface area (Å²) in [5.74, 6) is 1.10. The molecule has 2 N–H and O–H groups in total. The second-order valence-corrected chi connectivity index (χ2v) is 5.40. The van der Waals surface area contributed by atoms with E-state index in [9.17, 15) is 0 Å². The molecule has 0 amide bonds. The van der Waals surface area contributed by atoms with E-state index in [1.54, 1.807) is 0 Å². The van der Waals surface area contributed by atoms with Crippen LogP contribution in [0.15, 0.2) is 6.33 Å². The summed E-state index contributed by atoms with van der Waals surface area (Å²) in [5, 5.41) is 8.11. The van der Waals surface area contributed by atoms with Gasteiger partial charge in [0.25, 0.3) is 0 Å². The van der Waals surface area contributed by atoms with E-state index in [2.05, 4.69) is 24.6 Å². The van der Waals surface area contributed by atoms with Crippen molar-refractivity contribution in [3.63, 3.8) is 0 Å². The van der Waals surface area contributed by atoms with Crippen molar-refractivity contribution in [2.24, 2.45) is 5.73 Å². The SMILES string of the molecule is NC1CCN(CCN2CCn3cnnc3C2)CC1. The molecule has 100 valence electrons. The minimum Gasteiger partial charge on any atom is -0.328 e. The first-order valence-electron chi connectivity index (χ1n) is 6.88. The number of aromatic nitrogens is 3. The fourth-order valence-electron chi connectivity index (χ4n) is 2.77. The summed E-state index contributed by atoms with van der Waals surface area (Å²) in [6.45, 7) is 7.66. The zero-order valence-corrected chi connectivity index (χ0v) is 10.8. The van der Waals surface area contributed by atoms with E-state index >= 15 is 0 Å². The second kappa shape index (κ2) is 5.34. The maximum atomic E-state index is 5.92. The Hall–Kier alpha value is -0.980. The van der Waals surface area contributed by atoms with Crippen molar-refractivity contribution in [2.45, 2.75) is 32.0 Å². The number of rotatable bonds is 3. The standard InChI is InChI=1S/C12H22N6/c13-11-1-3-16(4-2-11)5-6-17-7-8-18-10-14-15-12(18)9-17/h10-11H,1-9,13H2. The number of hydrogen-bond donors (Lipinski definition) is 1. The maximum absolute atomic E-state index is 5.92. The summed E-state index contributed by atoms with van der Waals surface area (Å²) < 4.78 is 2.15. The lowest BCUT2D eigenvalue weighted by molar-refractivity contribution is 0.154. The van der Waals surface area contributed by atoms with Gasteiger partial charge in [-0.15, -0.1) is 10.2 Å². The van der Waals surface area contributed by atoms with Crippen LogP contribution < -0.4 is 5.73 Å². The quantitative estimate of drug-likeness (QED) is 0.785. The van der Waals surface area contributed by atoms with Gasteiger partial charge in [-0.3, -0.25) is 4.90 Å². The summed E-state index contributed by atoms with van der Waals surface area (Å²) in [6.07, 6.45) is 4.13. The molecule has 1 aromatic rings. The normalized spacial score (nSPS) is 23.2. The molecule has 1 fully saturated rings. The van der Waals surface area contributed by atoms with Crippen molar-refractivity contribution < 1.29 is 0 Å². The number of likely N-dealkylation sites (tertiary alicyclic amines) is 1. The Balaban J connectivity index is 1.44. The molecule has 0 radical (unpaired) electrons. The van der Waals surface area contributed by atoms with Gasteiger partial charge in [-0.2, -0.15) is 0 Å². The monoisotopic (exact) mass is 250 g/mol. The minimum absolute atomic E-state index is 0.426. The zero-order valence-electron chi connectivity index (χ0n) is 10.8. The third-order valence-electron chi connectivity index (χ3n) is 4.08. The van der Waals surface area contributed by atoms with E-state index in [1.807, 2.05) is 6.33 Å². The molecule has 3 heterocycles. The molecule has 0 spiro atoms. The highest BCUT2D eigenvalue weighted by atomic mass is 15.3. The smallest absolute Gasteiger partial charge is 0.147 e. The van der Waals surface area contributed by atoms with Gasteiger partial charge in [0.1, 0.15) is 12.2 Å². The number of hydrogen-bond acceptors (Lipinski definition) is 5. The Morgan fingerprint density at radius 3 is 2.72 bits per heavy atom. The summed E-state index contributed by atoms with van der Waals surface area (Å²) in [4.78, 5) is 5.00.